The molecule has 1 amide bonds. The van der Waals surface area contributed by atoms with Gasteiger partial charge in [0.25, 0.3) is 5.91 Å². The normalized spacial score (nSPS) is 13.0. The number of halogens is 2. The number of amides is 1. The number of nitrogens with zero attached hydrogens (tertiary/aromatic N) is 1. The molecule has 0 aliphatic heterocycles. The quantitative estimate of drug-likeness (QED) is 0.210. The van der Waals surface area contributed by atoms with Crippen LogP contribution in [0.5, 0.6) is 0 Å². The molecule has 0 bridgehead atoms. The summed E-state index contributed by atoms with van der Waals surface area (Å²) >= 11 is 10.9. The zero-order chi connectivity index (χ0) is 20.6. The van der Waals surface area contributed by atoms with E-state index in [1.54, 1.807) is 0 Å². The van der Waals surface area contributed by atoms with Crippen molar-refractivity contribution in [2.24, 2.45) is 0 Å². The second-order valence-electron chi connectivity index (χ2n) is 5.32. The van der Waals surface area contributed by atoms with E-state index < -0.39 is 47.9 Å². The molecule has 0 saturated heterocycles. The lowest BCUT2D eigenvalue weighted by Gasteiger charge is -2.25. The number of aliphatic carboxylic acids is 1. The fraction of sp³-hybridized carbons (Fsp3) is 0.400. The third kappa shape index (κ3) is 7.97. The first-order valence-electron chi connectivity index (χ1n) is 7.53. The van der Waals surface area contributed by atoms with Crippen LogP contribution in [0.1, 0.15) is 24.5 Å². The SMILES string of the molecule is O=C(O)CCC(=O)OC[C@@H](NC(=O)C(Cl)Cl)[C@H](O)c1ccc(N(O)O)cc1. The van der Waals surface area contributed by atoms with Crippen LogP contribution in [-0.4, -0.2) is 56.0 Å². The number of aliphatic hydroxyl groups is 1. The minimum Gasteiger partial charge on any atom is -0.481 e. The van der Waals surface area contributed by atoms with E-state index in [0.717, 1.165) is 0 Å². The second-order valence-corrected chi connectivity index (χ2v) is 6.41. The van der Waals surface area contributed by atoms with Crippen LogP contribution >= 0.6 is 23.2 Å². The number of benzene rings is 1. The number of hydrogen-bond acceptors (Lipinski definition) is 8. The lowest BCUT2D eigenvalue weighted by Crippen LogP contribution is -2.45. The molecule has 0 heterocycles. The van der Waals surface area contributed by atoms with E-state index in [9.17, 15) is 19.5 Å². The van der Waals surface area contributed by atoms with Gasteiger partial charge in [0.15, 0.2) is 4.84 Å². The van der Waals surface area contributed by atoms with Gasteiger partial charge in [-0.25, -0.2) is 0 Å². The third-order valence-corrected chi connectivity index (χ3v) is 3.74. The topological polar surface area (TPSA) is 157 Å². The summed E-state index contributed by atoms with van der Waals surface area (Å²) < 4.78 is 4.89. The number of carbonyl (C=O) groups excluding carboxylic acids is 2. The Morgan fingerprint density at radius 3 is 2.19 bits per heavy atom. The Morgan fingerprint density at radius 2 is 1.70 bits per heavy atom. The average molecular weight is 425 g/mol. The van der Waals surface area contributed by atoms with Gasteiger partial charge in [-0.1, -0.05) is 35.3 Å². The maximum Gasteiger partial charge on any atom is 0.306 e. The van der Waals surface area contributed by atoms with Crippen molar-refractivity contribution in [1.29, 1.82) is 0 Å². The number of nitrogens with one attached hydrogen (secondary N) is 1. The molecule has 5 N–H and O–H groups in total. The number of aliphatic hydroxyl groups excluding tert-OH is 1. The summed E-state index contributed by atoms with van der Waals surface area (Å²) in [6, 6.07) is 4.12. The highest BCUT2D eigenvalue weighted by Crippen LogP contribution is 2.21. The summed E-state index contributed by atoms with van der Waals surface area (Å²) in [4.78, 5) is 32.3. The third-order valence-electron chi connectivity index (χ3n) is 3.34. The van der Waals surface area contributed by atoms with Gasteiger partial charge in [0.05, 0.1) is 24.6 Å². The number of carboxylic acids is 1. The van der Waals surface area contributed by atoms with Gasteiger partial charge in [0, 0.05) is 0 Å². The van der Waals surface area contributed by atoms with Crippen molar-refractivity contribution in [2.75, 3.05) is 11.8 Å². The Morgan fingerprint density at radius 1 is 1.11 bits per heavy atom. The van der Waals surface area contributed by atoms with Gasteiger partial charge in [-0.15, -0.1) is 5.23 Å². The molecule has 0 aromatic heterocycles. The number of hydrogen-bond donors (Lipinski definition) is 5. The van der Waals surface area contributed by atoms with Gasteiger partial charge < -0.3 is 20.3 Å². The molecule has 2 atom stereocenters. The molecule has 1 rings (SSSR count). The average Bonchev–Trinajstić information content (AvgIpc) is 2.62. The maximum atomic E-state index is 11.7. The molecule has 0 aliphatic rings. The molecule has 27 heavy (non-hydrogen) atoms. The minimum atomic E-state index is -1.43. The van der Waals surface area contributed by atoms with Gasteiger partial charge in [0.2, 0.25) is 0 Å². The van der Waals surface area contributed by atoms with Crippen LogP contribution in [0, 0.1) is 0 Å². The summed E-state index contributed by atoms with van der Waals surface area (Å²) in [5.41, 5.74) is 0.279. The zero-order valence-electron chi connectivity index (χ0n) is 13.8. The van der Waals surface area contributed by atoms with E-state index in [1.807, 2.05) is 0 Å². The number of alkyl halides is 2. The van der Waals surface area contributed by atoms with Gasteiger partial charge >= 0.3 is 11.9 Å². The van der Waals surface area contributed by atoms with E-state index in [4.69, 9.17) is 43.5 Å². The van der Waals surface area contributed by atoms with Crippen molar-refractivity contribution in [1.82, 2.24) is 5.32 Å². The van der Waals surface area contributed by atoms with E-state index in [1.165, 1.54) is 24.3 Å². The van der Waals surface area contributed by atoms with E-state index in [0.29, 0.717) is 0 Å². The lowest BCUT2D eigenvalue weighted by molar-refractivity contribution is -0.149. The molecular formula is C15H18Cl2N2O8. The standard InChI is InChI=1S/C15H18Cl2N2O8/c16-14(17)15(24)18-10(7-27-12(22)6-5-11(20)21)13(23)8-1-3-9(4-2-8)19(25)26/h1-4,10,13-14,23,25-26H,5-7H2,(H,18,24)(H,20,21)/t10-,13-/m1/s1. The summed E-state index contributed by atoms with van der Waals surface area (Å²) in [5, 5.41) is 39.0. The lowest BCUT2D eigenvalue weighted by atomic mass is 10.0. The molecule has 0 radical (unpaired) electrons. The minimum absolute atomic E-state index is 0.0215. The van der Waals surface area contributed by atoms with Crippen molar-refractivity contribution in [3.05, 3.63) is 29.8 Å². The first-order chi connectivity index (χ1) is 12.6. The van der Waals surface area contributed by atoms with Crippen molar-refractivity contribution in [3.63, 3.8) is 0 Å². The molecule has 12 heteroatoms. The van der Waals surface area contributed by atoms with Crippen molar-refractivity contribution < 1.29 is 39.7 Å². The van der Waals surface area contributed by atoms with E-state index in [2.05, 4.69) is 5.32 Å². The molecule has 0 aliphatic carbocycles. The van der Waals surface area contributed by atoms with Crippen LogP contribution in [0.2, 0.25) is 0 Å². The highest BCUT2D eigenvalue weighted by atomic mass is 35.5. The Labute approximate surface area is 163 Å². The van der Waals surface area contributed by atoms with E-state index >= 15 is 0 Å². The van der Waals surface area contributed by atoms with Gasteiger partial charge in [-0.05, 0) is 17.7 Å². The highest BCUT2D eigenvalue weighted by molar-refractivity contribution is 6.53. The Bertz CT molecular complexity index is 654. The zero-order valence-corrected chi connectivity index (χ0v) is 15.3. The smallest absolute Gasteiger partial charge is 0.306 e. The number of carbonyl (C=O) groups is 3. The number of carboxylic acid groups (broad SMARTS) is 1. The summed E-state index contributed by atoms with van der Waals surface area (Å²) in [6.07, 6.45) is -2.17. The van der Waals surface area contributed by atoms with Gasteiger partial charge in [-0.2, -0.15) is 0 Å². The van der Waals surface area contributed by atoms with Crippen LogP contribution in [0.4, 0.5) is 5.69 Å². The molecule has 150 valence electrons. The highest BCUT2D eigenvalue weighted by Gasteiger charge is 2.26. The fourth-order valence-corrected chi connectivity index (χ4v) is 2.08. The molecule has 1 aromatic rings. The largest absolute Gasteiger partial charge is 0.481 e. The van der Waals surface area contributed by atoms with Gasteiger partial charge in [0.1, 0.15) is 12.7 Å². The van der Waals surface area contributed by atoms with Crippen LogP contribution in [0.15, 0.2) is 24.3 Å². The molecule has 10 nitrogen and oxygen atoms in total. The Balaban J connectivity index is 2.84. The number of ether oxygens (including phenoxy) is 1. The van der Waals surface area contributed by atoms with Crippen LogP contribution in [-0.2, 0) is 19.1 Å². The summed E-state index contributed by atoms with van der Waals surface area (Å²) in [5.74, 6) is -2.84. The summed E-state index contributed by atoms with van der Waals surface area (Å²) in [7, 11) is 0. The predicted molar refractivity (Wildman–Crippen MR) is 92.7 cm³/mol. The van der Waals surface area contributed by atoms with E-state index in [-0.39, 0.29) is 22.9 Å². The van der Waals surface area contributed by atoms with Gasteiger partial charge in [-0.3, -0.25) is 24.8 Å². The first-order valence-corrected chi connectivity index (χ1v) is 8.41. The maximum absolute atomic E-state index is 11.7. The Hall–Kier alpha value is -2.11. The number of rotatable bonds is 10. The number of anilines is 1. The molecule has 0 saturated carbocycles. The number of esters is 1. The van der Waals surface area contributed by atoms with Crippen LogP contribution in [0.3, 0.4) is 0 Å². The van der Waals surface area contributed by atoms with Crippen LogP contribution < -0.4 is 10.5 Å². The summed E-state index contributed by atoms with van der Waals surface area (Å²) in [6.45, 7) is -0.472. The first kappa shape index (κ1) is 22.9. The van der Waals surface area contributed by atoms with Crippen molar-refractivity contribution in [2.45, 2.75) is 29.8 Å². The Kier molecular flexibility index (Phi) is 9.26. The molecular weight excluding hydrogens is 407 g/mol. The molecule has 1 aromatic carbocycles. The predicted octanol–water partition coefficient (Wildman–Crippen LogP) is 1.00. The monoisotopic (exact) mass is 424 g/mol. The molecule has 0 fully saturated rings. The molecule has 0 spiro atoms. The molecule has 0 unspecified atom stereocenters. The fourth-order valence-electron chi connectivity index (χ4n) is 1.96. The van der Waals surface area contributed by atoms with Crippen molar-refractivity contribution in [3.8, 4) is 0 Å². The van der Waals surface area contributed by atoms with Crippen molar-refractivity contribution >= 4 is 46.7 Å². The second kappa shape index (κ2) is 10.9. The van der Waals surface area contributed by atoms with Crippen LogP contribution in [0.25, 0.3) is 0 Å².